The first kappa shape index (κ1) is 15.5. The molecule has 1 saturated heterocycles. The summed E-state index contributed by atoms with van der Waals surface area (Å²) in [6.07, 6.45) is 2.12. The van der Waals surface area contributed by atoms with Gasteiger partial charge in [0.05, 0.1) is 11.7 Å². The SMILES string of the molecule is Cc1nc(-c2ccccc2)sc1C(=O)N1CCC[C@H]1c1cccs1. The summed E-state index contributed by atoms with van der Waals surface area (Å²) >= 11 is 3.24. The van der Waals surface area contributed by atoms with Gasteiger partial charge in [0.2, 0.25) is 0 Å². The normalized spacial score (nSPS) is 17.4. The Morgan fingerprint density at radius 2 is 2.04 bits per heavy atom. The summed E-state index contributed by atoms with van der Waals surface area (Å²) in [5.74, 6) is 0.128. The molecule has 1 atom stereocenters. The molecular formula is C19H18N2OS2. The second-order valence-corrected chi connectivity index (χ2v) is 7.95. The Morgan fingerprint density at radius 1 is 1.21 bits per heavy atom. The van der Waals surface area contributed by atoms with Crippen LogP contribution in [0.2, 0.25) is 0 Å². The van der Waals surface area contributed by atoms with Crippen LogP contribution in [0.5, 0.6) is 0 Å². The molecule has 0 unspecified atom stereocenters. The summed E-state index contributed by atoms with van der Waals surface area (Å²) in [4.78, 5) is 21.8. The Morgan fingerprint density at radius 3 is 2.79 bits per heavy atom. The highest BCUT2D eigenvalue weighted by atomic mass is 32.1. The number of aromatic nitrogens is 1. The summed E-state index contributed by atoms with van der Waals surface area (Å²) in [5.41, 5.74) is 1.90. The summed E-state index contributed by atoms with van der Waals surface area (Å²) in [6, 6.07) is 14.5. The maximum absolute atomic E-state index is 13.1. The first-order valence-electron chi connectivity index (χ1n) is 8.11. The van der Waals surface area contributed by atoms with Crippen molar-refractivity contribution in [3.8, 4) is 10.6 Å². The van der Waals surface area contributed by atoms with E-state index in [2.05, 4.69) is 22.5 Å². The lowest BCUT2D eigenvalue weighted by Gasteiger charge is -2.23. The van der Waals surface area contributed by atoms with Crippen molar-refractivity contribution in [2.45, 2.75) is 25.8 Å². The van der Waals surface area contributed by atoms with E-state index in [0.717, 1.165) is 40.5 Å². The molecule has 0 bridgehead atoms. The minimum Gasteiger partial charge on any atom is -0.330 e. The number of thiazole rings is 1. The van der Waals surface area contributed by atoms with E-state index in [-0.39, 0.29) is 11.9 Å². The number of carbonyl (C=O) groups excluding carboxylic acids is 1. The van der Waals surface area contributed by atoms with E-state index in [9.17, 15) is 4.79 Å². The molecule has 0 aliphatic carbocycles. The lowest BCUT2D eigenvalue weighted by atomic mass is 10.2. The number of benzene rings is 1. The van der Waals surface area contributed by atoms with Crippen LogP contribution < -0.4 is 0 Å². The van der Waals surface area contributed by atoms with E-state index in [1.807, 2.05) is 42.2 Å². The number of hydrogen-bond acceptors (Lipinski definition) is 4. The molecule has 122 valence electrons. The maximum Gasteiger partial charge on any atom is 0.266 e. The highest BCUT2D eigenvalue weighted by Crippen LogP contribution is 2.37. The fourth-order valence-electron chi connectivity index (χ4n) is 3.22. The molecule has 2 aromatic heterocycles. The molecule has 1 aliphatic rings. The van der Waals surface area contributed by atoms with Crippen LogP contribution in [0, 0.1) is 6.92 Å². The summed E-state index contributed by atoms with van der Waals surface area (Å²) in [6.45, 7) is 2.77. The van der Waals surface area contributed by atoms with Gasteiger partial charge in [0, 0.05) is 17.0 Å². The molecule has 5 heteroatoms. The standard InChI is InChI=1S/C19H18N2OS2/c1-13-17(24-18(20-13)14-7-3-2-4-8-14)19(22)21-11-5-9-15(21)16-10-6-12-23-16/h2-4,6-8,10,12,15H,5,9,11H2,1H3/t15-/m0/s1. The number of likely N-dealkylation sites (tertiary alicyclic amines) is 1. The van der Waals surface area contributed by atoms with Crippen molar-refractivity contribution in [3.63, 3.8) is 0 Å². The highest BCUT2D eigenvalue weighted by molar-refractivity contribution is 7.17. The van der Waals surface area contributed by atoms with Crippen LogP contribution in [0.1, 0.15) is 39.1 Å². The van der Waals surface area contributed by atoms with Gasteiger partial charge in [-0.05, 0) is 31.2 Å². The number of nitrogens with zero attached hydrogens (tertiary/aromatic N) is 2. The predicted octanol–water partition coefficient (Wildman–Crippen LogP) is 5.16. The highest BCUT2D eigenvalue weighted by Gasteiger charge is 2.33. The number of amides is 1. The third-order valence-electron chi connectivity index (χ3n) is 4.40. The molecule has 3 heterocycles. The van der Waals surface area contributed by atoms with Gasteiger partial charge in [-0.25, -0.2) is 4.98 Å². The largest absolute Gasteiger partial charge is 0.330 e. The predicted molar refractivity (Wildman–Crippen MR) is 99.6 cm³/mol. The molecule has 1 aromatic carbocycles. The average molecular weight is 354 g/mol. The number of thiophene rings is 1. The van der Waals surface area contributed by atoms with E-state index < -0.39 is 0 Å². The molecule has 1 amide bonds. The Balaban J connectivity index is 1.64. The molecular weight excluding hydrogens is 336 g/mol. The van der Waals surface area contributed by atoms with Gasteiger partial charge in [0.1, 0.15) is 9.88 Å². The van der Waals surface area contributed by atoms with Crippen molar-refractivity contribution in [2.24, 2.45) is 0 Å². The Hall–Kier alpha value is -1.98. The molecule has 4 rings (SSSR count). The van der Waals surface area contributed by atoms with Crippen LogP contribution in [0.25, 0.3) is 10.6 Å². The average Bonchev–Trinajstić information content (AvgIpc) is 3.35. The lowest BCUT2D eigenvalue weighted by molar-refractivity contribution is 0.0742. The minimum absolute atomic E-state index is 0.128. The summed E-state index contributed by atoms with van der Waals surface area (Å²) < 4.78 is 0. The van der Waals surface area contributed by atoms with E-state index in [1.54, 1.807) is 11.3 Å². The first-order chi connectivity index (χ1) is 11.7. The maximum atomic E-state index is 13.1. The topological polar surface area (TPSA) is 33.2 Å². The van der Waals surface area contributed by atoms with Gasteiger partial charge in [-0.15, -0.1) is 22.7 Å². The van der Waals surface area contributed by atoms with E-state index in [4.69, 9.17) is 0 Å². The molecule has 1 aliphatic heterocycles. The fraction of sp³-hybridized carbons (Fsp3) is 0.263. The van der Waals surface area contributed by atoms with Gasteiger partial charge in [-0.1, -0.05) is 36.4 Å². The van der Waals surface area contributed by atoms with Crippen molar-refractivity contribution in [1.82, 2.24) is 9.88 Å². The molecule has 0 saturated carbocycles. The van der Waals surface area contributed by atoms with Gasteiger partial charge in [0.25, 0.3) is 5.91 Å². The minimum atomic E-state index is 0.128. The zero-order valence-corrected chi connectivity index (χ0v) is 15.1. The van der Waals surface area contributed by atoms with Crippen LogP contribution in [0.4, 0.5) is 0 Å². The Kier molecular flexibility index (Phi) is 4.21. The Labute approximate surface area is 149 Å². The van der Waals surface area contributed by atoms with Crippen LogP contribution in [-0.2, 0) is 0 Å². The number of carbonyl (C=O) groups is 1. The van der Waals surface area contributed by atoms with Crippen LogP contribution in [0.15, 0.2) is 47.8 Å². The zero-order chi connectivity index (χ0) is 16.5. The Bertz CT molecular complexity index is 840. The number of rotatable bonds is 3. The van der Waals surface area contributed by atoms with Crippen molar-refractivity contribution in [1.29, 1.82) is 0 Å². The smallest absolute Gasteiger partial charge is 0.266 e. The fourth-order valence-corrected chi connectivity index (χ4v) is 5.12. The molecule has 0 N–H and O–H groups in total. The zero-order valence-electron chi connectivity index (χ0n) is 13.4. The van der Waals surface area contributed by atoms with Crippen molar-refractivity contribution in [2.75, 3.05) is 6.54 Å². The lowest BCUT2D eigenvalue weighted by Crippen LogP contribution is -2.30. The van der Waals surface area contributed by atoms with Crippen LogP contribution in [-0.4, -0.2) is 22.3 Å². The van der Waals surface area contributed by atoms with Crippen molar-refractivity contribution >= 4 is 28.6 Å². The quantitative estimate of drug-likeness (QED) is 0.651. The molecule has 3 nitrogen and oxygen atoms in total. The van der Waals surface area contributed by atoms with Gasteiger partial charge in [-0.2, -0.15) is 0 Å². The molecule has 24 heavy (non-hydrogen) atoms. The second-order valence-electron chi connectivity index (χ2n) is 5.97. The molecule has 1 fully saturated rings. The molecule has 3 aromatic rings. The number of aryl methyl sites for hydroxylation is 1. The third-order valence-corrected chi connectivity index (χ3v) is 6.56. The van der Waals surface area contributed by atoms with E-state index in [1.165, 1.54) is 16.2 Å². The van der Waals surface area contributed by atoms with Gasteiger partial charge in [0.15, 0.2) is 0 Å². The van der Waals surface area contributed by atoms with E-state index >= 15 is 0 Å². The van der Waals surface area contributed by atoms with Crippen LogP contribution >= 0.6 is 22.7 Å². The number of hydrogen-bond donors (Lipinski definition) is 0. The van der Waals surface area contributed by atoms with Crippen molar-refractivity contribution < 1.29 is 4.79 Å². The van der Waals surface area contributed by atoms with Crippen LogP contribution in [0.3, 0.4) is 0 Å². The monoisotopic (exact) mass is 354 g/mol. The van der Waals surface area contributed by atoms with Gasteiger partial charge < -0.3 is 4.90 Å². The van der Waals surface area contributed by atoms with Crippen molar-refractivity contribution in [3.05, 3.63) is 63.3 Å². The second kappa shape index (κ2) is 6.49. The summed E-state index contributed by atoms with van der Waals surface area (Å²) in [7, 11) is 0. The molecule has 0 radical (unpaired) electrons. The summed E-state index contributed by atoms with van der Waals surface area (Å²) in [5, 5.41) is 3.00. The van der Waals surface area contributed by atoms with Gasteiger partial charge in [-0.3, -0.25) is 4.79 Å². The van der Waals surface area contributed by atoms with E-state index in [0.29, 0.717) is 0 Å². The first-order valence-corrected chi connectivity index (χ1v) is 9.81. The van der Waals surface area contributed by atoms with Gasteiger partial charge >= 0.3 is 0 Å². The molecule has 0 spiro atoms. The third kappa shape index (κ3) is 2.78.